The molecule has 104 valence electrons. The van der Waals surface area contributed by atoms with Gasteiger partial charge in [-0.05, 0) is 6.42 Å². The van der Waals surface area contributed by atoms with E-state index >= 15 is 0 Å². The number of hydrogen-bond acceptors (Lipinski definition) is 2. The van der Waals surface area contributed by atoms with Crippen LogP contribution < -0.4 is 0 Å². The van der Waals surface area contributed by atoms with Gasteiger partial charge in [-0.1, -0.05) is 100 Å². The van der Waals surface area contributed by atoms with Crippen molar-refractivity contribution >= 4 is 21.6 Å². The van der Waals surface area contributed by atoms with E-state index in [2.05, 4.69) is 31.6 Å². The van der Waals surface area contributed by atoms with Gasteiger partial charge in [0.2, 0.25) is 0 Å². The molecule has 0 aliphatic carbocycles. The molecule has 0 N–H and O–H groups in total. The standard InChI is InChI=1S/C15H32S2/c1-4-5-6-7-8-9-10-11-12-13-14-16-17-15(2)3/h15H,4-14H2,1-3H3. The predicted octanol–water partition coefficient (Wildman–Crippen LogP) is 6.70. The van der Waals surface area contributed by atoms with Gasteiger partial charge in [-0.2, -0.15) is 0 Å². The molecule has 0 fully saturated rings. The van der Waals surface area contributed by atoms with Crippen LogP contribution in [0.1, 0.15) is 85.0 Å². The van der Waals surface area contributed by atoms with Crippen LogP contribution in [0.25, 0.3) is 0 Å². The Hall–Kier alpha value is 0.700. The molecule has 0 spiro atoms. The van der Waals surface area contributed by atoms with E-state index < -0.39 is 0 Å². The smallest absolute Gasteiger partial charge is 0.00944 e. The fourth-order valence-corrected chi connectivity index (χ4v) is 3.98. The van der Waals surface area contributed by atoms with Crippen LogP contribution in [0, 0.1) is 0 Å². The molecular formula is C15H32S2. The van der Waals surface area contributed by atoms with Gasteiger partial charge in [0.15, 0.2) is 0 Å². The zero-order valence-corrected chi connectivity index (χ0v) is 13.8. The van der Waals surface area contributed by atoms with E-state index in [0.29, 0.717) is 0 Å². The van der Waals surface area contributed by atoms with Crippen LogP contribution in [0.4, 0.5) is 0 Å². The molecule has 0 saturated heterocycles. The van der Waals surface area contributed by atoms with Crippen LogP contribution >= 0.6 is 21.6 Å². The highest BCUT2D eigenvalue weighted by atomic mass is 33.1. The summed E-state index contributed by atoms with van der Waals surface area (Å²) in [7, 11) is 4.08. The summed E-state index contributed by atoms with van der Waals surface area (Å²) < 4.78 is 0. The molecular weight excluding hydrogens is 244 g/mol. The van der Waals surface area contributed by atoms with Gasteiger partial charge in [0.1, 0.15) is 0 Å². The lowest BCUT2D eigenvalue weighted by molar-refractivity contribution is 0.563. The lowest BCUT2D eigenvalue weighted by Crippen LogP contribution is -1.85. The Morgan fingerprint density at radius 3 is 1.65 bits per heavy atom. The first-order valence-electron chi connectivity index (χ1n) is 7.55. The van der Waals surface area contributed by atoms with E-state index in [9.17, 15) is 0 Å². The second-order valence-electron chi connectivity index (χ2n) is 5.15. The van der Waals surface area contributed by atoms with E-state index in [1.165, 1.54) is 70.0 Å². The second-order valence-corrected chi connectivity index (χ2v) is 8.21. The van der Waals surface area contributed by atoms with Crippen molar-refractivity contribution < 1.29 is 0 Å². The van der Waals surface area contributed by atoms with E-state index in [-0.39, 0.29) is 0 Å². The predicted molar refractivity (Wildman–Crippen MR) is 87.0 cm³/mol. The highest BCUT2D eigenvalue weighted by molar-refractivity contribution is 8.76. The molecule has 0 aromatic heterocycles. The Labute approximate surface area is 117 Å². The summed E-state index contributed by atoms with van der Waals surface area (Å²) in [5, 5.41) is 0.781. The van der Waals surface area contributed by atoms with Gasteiger partial charge in [0.05, 0.1) is 0 Å². The molecule has 0 nitrogen and oxygen atoms in total. The largest absolute Gasteiger partial charge is 0.0939 e. The summed E-state index contributed by atoms with van der Waals surface area (Å²) in [6.07, 6.45) is 14.5. The van der Waals surface area contributed by atoms with Crippen molar-refractivity contribution in [1.29, 1.82) is 0 Å². The molecule has 17 heavy (non-hydrogen) atoms. The molecule has 0 aromatic rings. The number of hydrogen-bond donors (Lipinski definition) is 0. The van der Waals surface area contributed by atoms with Crippen LogP contribution in [0.5, 0.6) is 0 Å². The summed E-state index contributed by atoms with van der Waals surface area (Å²) >= 11 is 0. The minimum absolute atomic E-state index is 0.781. The van der Waals surface area contributed by atoms with Crippen LogP contribution in [0.3, 0.4) is 0 Å². The summed E-state index contributed by atoms with van der Waals surface area (Å²) in [6, 6.07) is 0. The molecule has 0 aliphatic heterocycles. The lowest BCUT2D eigenvalue weighted by atomic mass is 10.1. The molecule has 0 saturated carbocycles. The summed E-state index contributed by atoms with van der Waals surface area (Å²) in [5.41, 5.74) is 0. The van der Waals surface area contributed by atoms with Crippen molar-refractivity contribution in [3.05, 3.63) is 0 Å². The van der Waals surface area contributed by atoms with Crippen molar-refractivity contribution in [1.82, 2.24) is 0 Å². The molecule has 0 unspecified atom stereocenters. The quantitative estimate of drug-likeness (QED) is 0.271. The van der Waals surface area contributed by atoms with Crippen molar-refractivity contribution in [3.8, 4) is 0 Å². The maximum absolute atomic E-state index is 2.29. The summed E-state index contributed by atoms with van der Waals surface area (Å²) in [6.45, 7) is 6.84. The summed E-state index contributed by atoms with van der Waals surface area (Å²) in [5.74, 6) is 1.35. The van der Waals surface area contributed by atoms with Gasteiger partial charge in [-0.25, -0.2) is 0 Å². The van der Waals surface area contributed by atoms with E-state index in [4.69, 9.17) is 0 Å². The third-order valence-corrected chi connectivity index (χ3v) is 5.88. The van der Waals surface area contributed by atoms with Gasteiger partial charge in [0, 0.05) is 11.0 Å². The normalized spacial score (nSPS) is 11.3. The first-order valence-corrected chi connectivity index (χ1v) is 9.93. The maximum atomic E-state index is 2.29. The topological polar surface area (TPSA) is 0 Å². The molecule has 0 radical (unpaired) electrons. The molecule has 0 heterocycles. The van der Waals surface area contributed by atoms with Gasteiger partial charge in [0.25, 0.3) is 0 Å². The minimum atomic E-state index is 0.781. The highest BCUT2D eigenvalue weighted by Gasteiger charge is 1.95. The van der Waals surface area contributed by atoms with E-state index in [1.807, 2.05) is 10.8 Å². The number of unbranched alkanes of at least 4 members (excludes halogenated alkanes) is 9. The average molecular weight is 277 g/mol. The number of rotatable bonds is 13. The zero-order valence-electron chi connectivity index (χ0n) is 12.2. The fraction of sp³-hybridized carbons (Fsp3) is 1.00. The van der Waals surface area contributed by atoms with Crippen LogP contribution in [0.15, 0.2) is 0 Å². The van der Waals surface area contributed by atoms with Crippen molar-refractivity contribution in [2.45, 2.75) is 90.2 Å². The Morgan fingerprint density at radius 2 is 1.18 bits per heavy atom. The Bertz CT molecular complexity index is 135. The maximum Gasteiger partial charge on any atom is 0.00944 e. The lowest BCUT2D eigenvalue weighted by Gasteiger charge is -2.04. The zero-order chi connectivity index (χ0) is 12.8. The monoisotopic (exact) mass is 276 g/mol. The van der Waals surface area contributed by atoms with Crippen molar-refractivity contribution in [2.75, 3.05) is 5.75 Å². The molecule has 0 atom stereocenters. The minimum Gasteiger partial charge on any atom is -0.0939 e. The van der Waals surface area contributed by atoms with Gasteiger partial charge in [-0.15, -0.1) is 0 Å². The molecule has 0 amide bonds. The molecule has 0 aliphatic rings. The third kappa shape index (κ3) is 16.7. The molecule has 0 rings (SSSR count). The molecule has 0 aromatic carbocycles. The fourth-order valence-electron chi connectivity index (χ4n) is 1.83. The van der Waals surface area contributed by atoms with E-state index in [0.717, 1.165) is 5.25 Å². The Kier molecular flexibility index (Phi) is 15.4. The Balaban J connectivity index is 2.89. The molecule has 0 bridgehead atoms. The van der Waals surface area contributed by atoms with E-state index in [1.54, 1.807) is 0 Å². The SMILES string of the molecule is CCCCCCCCCCCCSSC(C)C. The second kappa shape index (κ2) is 14.8. The first-order chi connectivity index (χ1) is 8.27. The van der Waals surface area contributed by atoms with Gasteiger partial charge in [-0.3, -0.25) is 0 Å². The van der Waals surface area contributed by atoms with Crippen LogP contribution in [0.2, 0.25) is 0 Å². The van der Waals surface area contributed by atoms with Gasteiger partial charge < -0.3 is 0 Å². The first kappa shape index (κ1) is 17.7. The Morgan fingerprint density at radius 1 is 0.706 bits per heavy atom. The van der Waals surface area contributed by atoms with Crippen LogP contribution in [-0.2, 0) is 0 Å². The van der Waals surface area contributed by atoms with Crippen molar-refractivity contribution in [2.24, 2.45) is 0 Å². The summed E-state index contributed by atoms with van der Waals surface area (Å²) in [4.78, 5) is 0. The molecule has 2 heteroatoms. The van der Waals surface area contributed by atoms with Crippen molar-refractivity contribution in [3.63, 3.8) is 0 Å². The average Bonchev–Trinajstić information content (AvgIpc) is 2.30. The highest BCUT2D eigenvalue weighted by Crippen LogP contribution is 2.27. The van der Waals surface area contributed by atoms with Gasteiger partial charge >= 0.3 is 0 Å². The third-order valence-electron chi connectivity index (χ3n) is 2.84. The van der Waals surface area contributed by atoms with Crippen LogP contribution in [-0.4, -0.2) is 11.0 Å².